The summed E-state index contributed by atoms with van der Waals surface area (Å²) in [6.07, 6.45) is 4.34. The molecule has 1 aromatic rings. The average molecular weight is 274 g/mol. The summed E-state index contributed by atoms with van der Waals surface area (Å²) < 4.78 is 0. The summed E-state index contributed by atoms with van der Waals surface area (Å²) in [4.78, 5) is 28.0. The number of nitrogens with zero attached hydrogens (tertiary/aromatic N) is 1. The Hall–Kier alpha value is -1.71. The quantitative estimate of drug-likeness (QED) is 0.916. The van der Waals surface area contributed by atoms with Gasteiger partial charge >= 0.3 is 0 Å². The lowest BCUT2D eigenvalue weighted by atomic mass is 9.84. The first-order valence-electron chi connectivity index (χ1n) is 7.01. The van der Waals surface area contributed by atoms with Crippen molar-refractivity contribution < 1.29 is 9.59 Å². The van der Waals surface area contributed by atoms with Crippen molar-refractivity contribution in [3.63, 3.8) is 0 Å². The van der Waals surface area contributed by atoms with Crippen LogP contribution in [0.25, 0.3) is 0 Å². The Labute approximate surface area is 120 Å². The molecule has 4 nitrogen and oxygen atoms in total. The van der Waals surface area contributed by atoms with Crippen LogP contribution in [0.2, 0.25) is 0 Å². The second kappa shape index (κ2) is 5.35. The van der Waals surface area contributed by atoms with E-state index in [1.54, 1.807) is 12.4 Å². The van der Waals surface area contributed by atoms with Gasteiger partial charge in [-0.05, 0) is 42.4 Å². The van der Waals surface area contributed by atoms with Crippen LogP contribution in [0, 0.1) is 11.3 Å². The number of carbonyl (C=O) groups excluding carboxylic acids is 2. The molecule has 0 aromatic carbocycles. The molecule has 1 saturated carbocycles. The number of amides is 1. The lowest BCUT2D eigenvalue weighted by Crippen LogP contribution is -2.48. The maximum Gasteiger partial charge on any atom is 0.224 e. The molecule has 0 aliphatic heterocycles. The van der Waals surface area contributed by atoms with Gasteiger partial charge < -0.3 is 5.32 Å². The minimum atomic E-state index is -0.423. The Kier molecular flexibility index (Phi) is 3.93. The highest BCUT2D eigenvalue weighted by Crippen LogP contribution is 2.47. The summed E-state index contributed by atoms with van der Waals surface area (Å²) in [6, 6.07) is 3.47. The topological polar surface area (TPSA) is 59.1 Å². The van der Waals surface area contributed by atoms with Crippen molar-refractivity contribution in [1.82, 2.24) is 10.3 Å². The van der Waals surface area contributed by atoms with E-state index in [9.17, 15) is 9.59 Å². The van der Waals surface area contributed by atoms with Gasteiger partial charge in [-0.15, -0.1) is 0 Å². The van der Waals surface area contributed by atoms with E-state index in [-0.39, 0.29) is 28.9 Å². The van der Waals surface area contributed by atoms with Crippen molar-refractivity contribution in [3.05, 3.63) is 30.1 Å². The molecule has 1 fully saturated rings. The van der Waals surface area contributed by atoms with E-state index >= 15 is 0 Å². The normalized spacial score (nSPS) is 23.0. The van der Waals surface area contributed by atoms with E-state index in [4.69, 9.17) is 0 Å². The number of rotatable bonds is 4. The highest BCUT2D eigenvalue weighted by atomic mass is 16.2. The predicted octanol–water partition coefficient (Wildman–Crippen LogP) is 2.30. The van der Waals surface area contributed by atoms with Gasteiger partial charge in [0.15, 0.2) is 5.78 Å². The SMILES string of the molecule is CC(=O)[C@@H](NC(=O)[C@@H]1CC1c1ccncc1)C(C)(C)C. The zero-order chi connectivity index (χ0) is 14.9. The minimum Gasteiger partial charge on any atom is -0.346 e. The van der Waals surface area contributed by atoms with E-state index in [0.717, 1.165) is 12.0 Å². The molecule has 1 aliphatic carbocycles. The second-order valence-corrected chi connectivity index (χ2v) is 6.65. The van der Waals surface area contributed by atoms with E-state index in [2.05, 4.69) is 10.3 Å². The van der Waals surface area contributed by atoms with Crippen LogP contribution in [-0.4, -0.2) is 22.7 Å². The second-order valence-electron chi connectivity index (χ2n) is 6.65. The highest BCUT2D eigenvalue weighted by molar-refractivity contribution is 5.90. The van der Waals surface area contributed by atoms with Crippen molar-refractivity contribution in [2.75, 3.05) is 0 Å². The lowest BCUT2D eigenvalue weighted by molar-refractivity contribution is -0.129. The van der Waals surface area contributed by atoms with Crippen molar-refractivity contribution >= 4 is 11.7 Å². The molecule has 1 heterocycles. The molecule has 1 aliphatic rings. The molecule has 4 heteroatoms. The van der Waals surface area contributed by atoms with Gasteiger partial charge in [-0.1, -0.05) is 20.8 Å². The largest absolute Gasteiger partial charge is 0.346 e. The smallest absolute Gasteiger partial charge is 0.224 e. The Morgan fingerprint density at radius 2 is 1.90 bits per heavy atom. The summed E-state index contributed by atoms with van der Waals surface area (Å²) >= 11 is 0. The maximum atomic E-state index is 12.3. The third kappa shape index (κ3) is 3.24. The van der Waals surface area contributed by atoms with Gasteiger partial charge in [-0.3, -0.25) is 14.6 Å². The summed E-state index contributed by atoms with van der Waals surface area (Å²) in [7, 11) is 0. The van der Waals surface area contributed by atoms with Crippen LogP contribution in [0.4, 0.5) is 0 Å². The third-order valence-electron chi connectivity index (χ3n) is 3.82. The van der Waals surface area contributed by atoms with Gasteiger partial charge in [0.25, 0.3) is 0 Å². The van der Waals surface area contributed by atoms with Crippen molar-refractivity contribution in [3.8, 4) is 0 Å². The molecule has 1 N–H and O–H groups in total. The molecule has 0 spiro atoms. The molecule has 0 bridgehead atoms. The van der Waals surface area contributed by atoms with Crippen molar-refractivity contribution in [2.45, 2.75) is 46.1 Å². The zero-order valence-corrected chi connectivity index (χ0v) is 12.5. The first kappa shape index (κ1) is 14.7. The molecule has 0 saturated heterocycles. The summed E-state index contributed by atoms with van der Waals surface area (Å²) in [5.74, 6) is 0.251. The molecule has 0 radical (unpaired) electrons. The van der Waals surface area contributed by atoms with Gasteiger partial charge in [0.1, 0.15) is 0 Å². The molecule has 108 valence electrons. The summed E-state index contributed by atoms with van der Waals surface area (Å²) in [5, 5.41) is 2.91. The van der Waals surface area contributed by atoms with Crippen LogP contribution in [0.3, 0.4) is 0 Å². The summed E-state index contributed by atoms with van der Waals surface area (Å²) in [5.41, 5.74) is 0.887. The van der Waals surface area contributed by atoms with Crippen molar-refractivity contribution in [1.29, 1.82) is 0 Å². The van der Waals surface area contributed by atoms with Gasteiger partial charge in [0.05, 0.1) is 6.04 Å². The Morgan fingerprint density at radius 3 is 2.40 bits per heavy atom. The van der Waals surface area contributed by atoms with Crippen LogP contribution in [0.5, 0.6) is 0 Å². The highest BCUT2D eigenvalue weighted by Gasteiger charge is 2.45. The standard InChI is InChI=1S/C16H22N2O2/c1-10(19)14(16(2,3)4)18-15(20)13-9-12(13)11-5-7-17-8-6-11/h5-8,12-14H,9H2,1-4H3,(H,18,20)/t12?,13-,14-/m1/s1. The summed E-state index contributed by atoms with van der Waals surface area (Å²) in [6.45, 7) is 7.43. The Bertz CT molecular complexity index is 505. The molecule has 1 unspecified atom stereocenters. The molecule has 1 aromatic heterocycles. The van der Waals surface area contributed by atoms with Crippen LogP contribution >= 0.6 is 0 Å². The molecular weight excluding hydrogens is 252 g/mol. The first-order chi connectivity index (χ1) is 9.30. The van der Waals surface area contributed by atoms with E-state index in [0.29, 0.717) is 0 Å². The maximum absolute atomic E-state index is 12.3. The van der Waals surface area contributed by atoms with Crippen LogP contribution in [-0.2, 0) is 9.59 Å². The van der Waals surface area contributed by atoms with Crippen LogP contribution in [0.1, 0.15) is 45.6 Å². The van der Waals surface area contributed by atoms with Gasteiger partial charge in [0.2, 0.25) is 5.91 Å². The predicted molar refractivity (Wildman–Crippen MR) is 77.2 cm³/mol. The van der Waals surface area contributed by atoms with E-state index < -0.39 is 6.04 Å². The van der Waals surface area contributed by atoms with Crippen LogP contribution < -0.4 is 5.32 Å². The number of nitrogens with one attached hydrogen (secondary N) is 1. The fourth-order valence-electron chi connectivity index (χ4n) is 2.64. The molecular formula is C16H22N2O2. The number of hydrogen-bond donors (Lipinski definition) is 1. The molecule has 1 amide bonds. The fourth-order valence-corrected chi connectivity index (χ4v) is 2.64. The van der Waals surface area contributed by atoms with Crippen molar-refractivity contribution in [2.24, 2.45) is 11.3 Å². The monoisotopic (exact) mass is 274 g/mol. The number of carbonyl (C=O) groups is 2. The van der Waals surface area contributed by atoms with Gasteiger partial charge in [-0.2, -0.15) is 0 Å². The molecule has 20 heavy (non-hydrogen) atoms. The number of pyridine rings is 1. The number of hydrogen-bond acceptors (Lipinski definition) is 3. The number of aromatic nitrogens is 1. The number of Topliss-reactive ketones (excluding diaryl/α,β-unsaturated/α-hetero) is 1. The third-order valence-corrected chi connectivity index (χ3v) is 3.82. The average Bonchev–Trinajstić information content (AvgIpc) is 3.15. The number of ketones is 1. The van der Waals surface area contributed by atoms with Crippen LogP contribution in [0.15, 0.2) is 24.5 Å². The molecule has 3 atom stereocenters. The van der Waals surface area contributed by atoms with E-state index in [1.165, 1.54) is 6.92 Å². The zero-order valence-electron chi connectivity index (χ0n) is 12.5. The Morgan fingerprint density at radius 1 is 1.30 bits per heavy atom. The molecule has 2 rings (SSSR count). The van der Waals surface area contributed by atoms with E-state index in [1.807, 2.05) is 32.9 Å². The van der Waals surface area contributed by atoms with Gasteiger partial charge in [-0.25, -0.2) is 0 Å². The fraction of sp³-hybridized carbons (Fsp3) is 0.562. The lowest BCUT2D eigenvalue weighted by Gasteiger charge is -2.29. The Balaban J connectivity index is 1.99. The van der Waals surface area contributed by atoms with Gasteiger partial charge in [0, 0.05) is 18.3 Å². The first-order valence-corrected chi connectivity index (χ1v) is 7.01. The minimum absolute atomic E-state index is 0.00645.